The lowest BCUT2D eigenvalue weighted by Crippen LogP contribution is -2.33. The Balaban J connectivity index is 1.62. The highest BCUT2D eigenvalue weighted by molar-refractivity contribution is 6.00. The first-order chi connectivity index (χ1) is 12.1. The summed E-state index contributed by atoms with van der Waals surface area (Å²) < 4.78 is 1.88. The molecule has 1 fully saturated rings. The van der Waals surface area contributed by atoms with Crippen LogP contribution in [-0.4, -0.2) is 33.1 Å². The average molecular weight is 341 g/mol. The smallest absolute Gasteiger partial charge is 0.227 e. The Labute approximate surface area is 147 Å². The molecule has 132 valence electrons. The predicted molar refractivity (Wildman–Crippen MR) is 93.8 cm³/mol. The number of benzene rings is 1. The summed E-state index contributed by atoms with van der Waals surface area (Å²) >= 11 is 0. The van der Waals surface area contributed by atoms with E-state index in [1.54, 1.807) is 11.2 Å². The van der Waals surface area contributed by atoms with Crippen LogP contribution in [-0.2, 0) is 29.1 Å². The molecule has 3 rings (SSSR count). The third-order valence-electron chi connectivity index (χ3n) is 4.58. The number of hydrogen-bond donors (Lipinski definition) is 1. The van der Waals surface area contributed by atoms with Crippen LogP contribution in [0.5, 0.6) is 0 Å². The van der Waals surface area contributed by atoms with Gasteiger partial charge in [-0.2, -0.15) is 0 Å². The van der Waals surface area contributed by atoms with Gasteiger partial charge >= 0.3 is 0 Å². The van der Waals surface area contributed by atoms with E-state index in [1.165, 1.54) is 5.56 Å². The molecule has 7 heteroatoms. The van der Waals surface area contributed by atoms with Gasteiger partial charge in [0.15, 0.2) is 5.82 Å². The first kappa shape index (κ1) is 17.1. The van der Waals surface area contributed by atoms with Crippen LogP contribution in [0.4, 0.5) is 5.69 Å². The second-order valence-electron chi connectivity index (χ2n) is 6.18. The Kier molecular flexibility index (Phi) is 5.11. The summed E-state index contributed by atoms with van der Waals surface area (Å²) in [7, 11) is 0. The molecule has 0 radical (unpaired) electrons. The van der Waals surface area contributed by atoms with Crippen molar-refractivity contribution in [3.63, 3.8) is 0 Å². The molecule has 1 aromatic heterocycles. The van der Waals surface area contributed by atoms with Crippen LogP contribution in [0.3, 0.4) is 0 Å². The Morgan fingerprint density at radius 1 is 1.36 bits per heavy atom. The van der Waals surface area contributed by atoms with Crippen molar-refractivity contribution in [1.82, 2.24) is 20.1 Å². The third kappa shape index (κ3) is 3.70. The summed E-state index contributed by atoms with van der Waals surface area (Å²) in [6, 6.07) is 7.92. The van der Waals surface area contributed by atoms with Crippen LogP contribution in [0.1, 0.15) is 31.7 Å². The van der Waals surface area contributed by atoms with Gasteiger partial charge in [0.1, 0.15) is 6.33 Å². The van der Waals surface area contributed by atoms with Crippen molar-refractivity contribution in [2.75, 3.05) is 11.4 Å². The lowest BCUT2D eigenvalue weighted by atomic mass is 10.1. The van der Waals surface area contributed by atoms with Crippen molar-refractivity contribution >= 4 is 17.5 Å². The Hall–Kier alpha value is -2.70. The van der Waals surface area contributed by atoms with Gasteiger partial charge in [0.2, 0.25) is 11.8 Å². The minimum Gasteiger partial charge on any atom is -0.348 e. The van der Waals surface area contributed by atoms with Gasteiger partial charge in [0, 0.05) is 25.2 Å². The Morgan fingerprint density at radius 2 is 2.20 bits per heavy atom. The van der Waals surface area contributed by atoms with Crippen molar-refractivity contribution in [1.29, 1.82) is 0 Å². The zero-order valence-corrected chi connectivity index (χ0v) is 14.6. The summed E-state index contributed by atoms with van der Waals surface area (Å²) in [5, 5.41) is 10.7. The zero-order chi connectivity index (χ0) is 17.8. The highest BCUT2D eigenvalue weighted by atomic mass is 16.2. The van der Waals surface area contributed by atoms with Crippen molar-refractivity contribution < 1.29 is 9.59 Å². The third-order valence-corrected chi connectivity index (χ3v) is 4.58. The van der Waals surface area contributed by atoms with Crippen LogP contribution in [0.25, 0.3) is 0 Å². The Bertz CT molecular complexity index is 770. The van der Waals surface area contributed by atoms with Gasteiger partial charge in [-0.1, -0.05) is 19.1 Å². The summed E-state index contributed by atoms with van der Waals surface area (Å²) in [6.07, 6.45) is 2.80. The first-order valence-electron chi connectivity index (χ1n) is 8.66. The SMILES string of the molecule is CCc1cccc(N2CC(C(=O)NCc3nncn3CC)CC2=O)c1. The molecule has 0 bridgehead atoms. The maximum atomic E-state index is 12.4. The standard InChI is InChI=1S/C18H23N5O2/c1-3-13-6-5-7-15(8-13)23-11-14(9-17(23)24)18(25)19-10-16-21-20-12-22(16)4-2/h5-8,12,14H,3-4,9-11H2,1-2H3,(H,19,25). The lowest BCUT2D eigenvalue weighted by Gasteiger charge is -2.17. The van der Waals surface area contributed by atoms with E-state index in [-0.39, 0.29) is 24.2 Å². The van der Waals surface area contributed by atoms with Crippen LogP contribution >= 0.6 is 0 Å². The van der Waals surface area contributed by atoms with Gasteiger partial charge in [-0.05, 0) is 31.0 Å². The molecule has 25 heavy (non-hydrogen) atoms. The van der Waals surface area contributed by atoms with E-state index in [4.69, 9.17) is 0 Å². The van der Waals surface area contributed by atoms with E-state index in [2.05, 4.69) is 22.4 Å². The monoisotopic (exact) mass is 341 g/mol. The number of nitrogens with zero attached hydrogens (tertiary/aromatic N) is 4. The van der Waals surface area contributed by atoms with Crippen molar-refractivity contribution in [2.24, 2.45) is 5.92 Å². The van der Waals surface area contributed by atoms with Crippen molar-refractivity contribution in [2.45, 2.75) is 39.8 Å². The molecular weight excluding hydrogens is 318 g/mol. The fourth-order valence-corrected chi connectivity index (χ4v) is 3.07. The molecule has 2 amide bonds. The van der Waals surface area contributed by atoms with Crippen molar-refractivity contribution in [3.8, 4) is 0 Å². The highest BCUT2D eigenvalue weighted by Crippen LogP contribution is 2.26. The fraction of sp³-hybridized carbons (Fsp3) is 0.444. The minimum absolute atomic E-state index is 0.00914. The summed E-state index contributed by atoms with van der Waals surface area (Å²) in [5.74, 6) is 0.252. The van der Waals surface area contributed by atoms with E-state index >= 15 is 0 Å². The maximum Gasteiger partial charge on any atom is 0.227 e. The Morgan fingerprint density at radius 3 is 2.96 bits per heavy atom. The van der Waals surface area contributed by atoms with Gasteiger partial charge < -0.3 is 14.8 Å². The molecular formula is C18H23N5O2. The van der Waals surface area contributed by atoms with Gasteiger partial charge in [-0.15, -0.1) is 10.2 Å². The zero-order valence-electron chi connectivity index (χ0n) is 14.6. The molecule has 7 nitrogen and oxygen atoms in total. The van der Waals surface area contributed by atoms with E-state index in [0.29, 0.717) is 18.9 Å². The molecule has 2 heterocycles. The number of rotatable bonds is 6. The van der Waals surface area contributed by atoms with Gasteiger partial charge in [-0.3, -0.25) is 9.59 Å². The molecule has 1 unspecified atom stereocenters. The molecule has 1 N–H and O–H groups in total. The molecule has 0 spiro atoms. The van der Waals surface area contributed by atoms with Crippen LogP contribution in [0, 0.1) is 5.92 Å². The number of amides is 2. The topological polar surface area (TPSA) is 80.1 Å². The average Bonchev–Trinajstić information content (AvgIpc) is 3.25. The second kappa shape index (κ2) is 7.46. The minimum atomic E-state index is -0.337. The van der Waals surface area contributed by atoms with E-state index in [9.17, 15) is 9.59 Å². The summed E-state index contributed by atoms with van der Waals surface area (Å²) in [6.45, 7) is 5.56. The molecule has 1 aliphatic heterocycles. The number of hydrogen-bond acceptors (Lipinski definition) is 4. The predicted octanol–water partition coefficient (Wildman–Crippen LogP) is 1.53. The fourth-order valence-electron chi connectivity index (χ4n) is 3.07. The number of carbonyl (C=O) groups is 2. The van der Waals surface area contributed by atoms with Crippen LogP contribution in [0.15, 0.2) is 30.6 Å². The molecule has 0 saturated carbocycles. The molecule has 1 aromatic carbocycles. The van der Waals surface area contributed by atoms with Gasteiger partial charge in [0.05, 0.1) is 12.5 Å². The van der Waals surface area contributed by atoms with E-state index in [0.717, 1.165) is 18.7 Å². The number of nitrogens with one attached hydrogen (secondary N) is 1. The largest absolute Gasteiger partial charge is 0.348 e. The number of aryl methyl sites for hydroxylation is 2. The molecule has 1 aliphatic rings. The normalized spacial score (nSPS) is 17.1. The molecule has 0 aliphatic carbocycles. The molecule has 1 saturated heterocycles. The lowest BCUT2D eigenvalue weighted by molar-refractivity contribution is -0.126. The summed E-state index contributed by atoms with van der Waals surface area (Å²) in [4.78, 5) is 26.5. The van der Waals surface area contributed by atoms with Gasteiger partial charge in [-0.25, -0.2) is 0 Å². The number of anilines is 1. The van der Waals surface area contributed by atoms with E-state index < -0.39 is 0 Å². The number of aromatic nitrogens is 3. The second-order valence-corrected chi connectivity index (χ2v) is 6.18. The van der Waals surface area contributed by atoms with E-state index in [1.807, 2.05) is 35.8 Å². The maximum absolute atomic E-state index is 12.4. The van der Waals surface area contributed by atoms with Crippen LogP contribution in [0.2, 0.25) is 0 Å². The number of carbonyl (C=O) groups excluding carboxylic acids is 2. The molecule has 2 aromatic rings. The van der Waals surface area contributed by atoms with Crippen LogP contribution < -0.4 is 10.2 Å². The molecule has 1 atom stereocenters. The van der Waals surface area contributed by atoms with Crippen molar-refractivity contribution in [3.05, 3.63) is 42.0 Å². The quantitative estimate of drug-likeness (QED) is 0.864. The highest BCUT2D eigenvalue weighted by Gasteiger charge is 2.35. The first-order valence-corrected chi connectivity index (χ1v) is 8.66. The summed E-state index contributed by atoms with van der Waals surface area (Å²) in [5.41, 5.74) is 2.04. The van der Waals surface area contributed by atoms with Gasteiger partial charge in [0.25, 0.3) is 0 Å².